The molecule has 1 unspecified atom stereocenters. The molecule has 0 amide bonds. The first-order chi connectivity index (χ1) is 22.7. The van der Waals surface area contributed by atoms with E-state index in [0.717, 1.165) is 35.5 Å². The van der Waals surface area contributed by atoms with Gasteiger partial charge in [0.15, 0.2) is 0 Å². The van der Waals surface area contributed by atoms with E-state index in [-0.39, 0.29) is 0 Å². The van der Waals surface area contributed by atoms with E-state index in [1.54, 1.807) is 0 Å². The number of rotatable bonds is 7. The topological polar surface area (TPSA) is 30.7 Å². The van der Waals surface area contributed by atoms with Crippen LogP contribution in [-0.2, 0) is 6.54 Å². The average molecular weight is 594 g/mol. The number of aromatic nitrogens is 3. The number of aryl methyl sites for hydroxylation is 1. The number of hydrogen-bond donors (Lipinski definition) is 0. The van der Waals surface area contributed by atoms with Gasteiger partial charge in [-0.05, 0) is 94.3 Å². The fraction of sp³-hybridized carbons (Fsp3) is 0.116. The highest BCUT2D eigenvalue weighted by Gasteiger charge is 2.26. The number of hydrogen-bond acceptors (Lipinski definition) is 2. The lowest BCUT2D eigenvalue weighted by atomic mass is 9.94. The third kappa shape index (κ3) is 4.95. The van der Waals surface area contributed by atoms with Crippen LogP contribution in [0.15, 0.2) is 122 Å². The van der Waals surface area contributed by atoms with Gasteiger partial charge >= 0.3 is 0 Å². The molecule has 8 rings (SSSR count). The zero-order valence-corrected chi connectivity index (χ0v) is 26.2. The molecule has 1 atom stereocenters. The Morgan fingerprint density at radius 2 is 1.13 bits per heavy atom. The van der Waals surface area contributed by atoms with Crippen molar-refractivity contribution in [1.82, 2.24) is 14.5 Å². The summed E-state index contributed by atoms with van der Waals surface area (Å²) in [6, 6.07) is 39.3. The van der Waals surface area contributed by atoms with Gasteiger partial charge in [-0.15, -0.1) is 0 Å². The van der Waals surface area contributed by atoms with Gasteiger partial charge in [-0.25, -0.2) is 0 Å². The molecule has 3 aromatic heterocycles. The van der Waals surface area contributed by atoms with Crippen molar-refractivity contribution in [3.8, 4) is 22.5 Å². The second-order valence-corrected chi connectivity index (χ2v) is 12.1. The molecule has 7 aromatic rings. The lowest BCUT2D eigenvalue weighted by molar-refractivity contribution is 0.797. The summed E-state index contributed by atoms with van der Waals surface area (Å²) < 4.78 is 2.38. The lowest BCUT2D eigenvalue weighted by Crippen LogP contribution is -1.93. The van der Waals surface area contributed by atoms with Crippen LogP contribution in [0.5, 0.6) is 0 Å². The van der Waals surface area contributed by atoms with Crippen LogP contribution >= 0.6 is 0 Å². The van der Waals surface area contributed by atoms with E-state index in [1.807, 2.05) is 24.5 Å². The van der Waals surface area contributed by atoms with E-state index < -0.39 is 0 Å². The van der Waals surface area contributed by atoms with E-state index in [0.29, 0.717) is 5.92 Å². The standard InChI is InChI=1S/C43H35N3/c1-3-33-34-9-5-6-10-35(34)38-25-29(17-21-36(33)38)13-15-31-18-22-40(44-27-31)41-23-19-32(28-45-41)16-14-30-20-24-43-39(26-30)37-11-7-8-12-42(37)46(43)4-2/h5-28,33H,3-4H2,1-2H3/b15-13+,16-14+. The van der Waals surface area contributed by atoms with Crippen LogP contribution in [0.4, 0.5) is 0 Å². The van der Waals surface area contributed by atoms with Gasteiger partial charge in [0.25, 0.3) is 0 Å². The van der Waals surface area contributed by atoms with Crippen molar-refractivity contribution in [2.75, 3.05) is 0 Å². The van der Waals surface area contributed by atoms with E-state index in [9.17, 15) is 0 Å². The molecule has 3 heterocycles. The lowest BCUT2D eigenvalue weighted by Gasteiger charge is -2.10. The summed E-state index contributed by atoms with van der Waals surface area (Å²) in [7, 11) is 0. The minimum absolute atomic E-state index is 0.496. The first kappa shape index (κ1) is 28.0. The molecular formula is C43H35N3. The second kappa shape index (κ2) is 11.8. The molecule has 1 aliphatic carbocycles. The summed E-state index contributed by atoms with van der Waals surface area (Å²) in [6.45, 7) is 5.43. The number of fused-ring (bicyclic) bond motifs is 6. The van der Waals surface area contributed by atoms with Crippen LogP contribution in [0.1, 0.15) is 59.6 Å². The predicted octanol–water partition coefficient (Wildman–Crippen LogP) is 11.1. The zero-order valence-electron chi connectivity index (χ0n) is 26.2. The highest BCUT2D eigenvalue weighted by Crippen LogP contribution is 2.46. The van der Waals surface area contributed by atoms with Gasteiger partial charge in [0.05, 0.1) is 11.4 Å². The molecule has 0 saturated heterocycles. The van der Waals surface area contributed by atoms with Crippen LogP contribution in [0.2, 0.25) is 0 Å². The third-order valence-electron chi connectivity index (χ3n) is 9.37. The van der Waals surface area contributed by atoms with Crippen molar-refractivity contribution in [2.24, 2.45) is 0 Å². The summed E-state index contributed by atoms with van der Waals surface area (Å²) in [5.41, 5.74) is 14.4. The largest absolute Gasteiger partial charge is 0.341 e. The van der Waals surface area contributed by atoms with Crippen LogP contribution in [0, 0.1) is 0 Å². The Kier molecular flexibility index (Phi) is 7.15. The van der Waals surface area contributed by atoms with Crippen LogP contribution in [0.25, 0.3) is 68.6 Å². The summed E-state index contributed by atoms with van der Waals surface area (Å²) in [4.78, 5) is 9.44. The fourth-order valence-electron chi connectivity index (χ4n) is 7.08. The quantitative estimate of drug-likeness (QED) is 0.184. The third-order valence-corrected chi connectivity index (χ3v) is 9.37. The Balaban J connectivity index is 0.966. The summed E-state index contributed by atoms with van der Waals surface area (Å²) in [5, 5.41) is 2.59. The Bertz CT molecular complexity index is 2270. The fourth-order valence-corrected chi connectivity index (χ4v) is 7.08. The molecule has 3 nitrogen and oxygen atoms in total. The molecule has 46 heavy (non-hydrogen) atoms. The van der Waals surface area contributed by atoms with Gasteiger partial charge in [0.1, 0.15) is 0 Å². The summed E-state index contributed by atoms with van der Waals surface area (Å²) >= 11 is 0. The molecule has 0 aliphatic heterocycles. The predicted molar refractivity (Wildman–Crippen MR) is 194 cm³/mol. The van der Waals surface area contributed by atoms with Gasteiger partial charge in [-0.3, -0.25) is 9.97 Å². The maximum Gasteiger partial charge on any atom is 0.0886 e. The van der Waals surface area contributed by atoms with Crippen molar-refractivity contribution in [2.45, 2.75) is 32.7 Å². The number of pyridine rings is 2. The average Bonchev–Trinajstić information content (AvgIpc) is 3.61. The second-order valence-electron chi connectivity index (χ2n) is 12.1. The molecule has 222 valence electrons. The van der Waals surface area contributed by atoms with Crippen LogP contribution in [0.3, 0.4) is 0 Å². The minimum atomic E-state index is 0.496. The van der Waals surface area contributed by atoms with Crippen molar-refractivity contribution < 1.29 is 0 Å². The number of nitrogens with zero attached hydrogens (tertiary/aromatic N) is 3. The summed E-state index contributed by atoms with van der Waals surface area (Å²) in [6.07, 6.45) is 13.6. The number of benzene rings is 4. The first-order valence-electron chi connectivity index (χ1n) is 16.2. The van der Waals surface area contributed by atoms with Crippen LogP contribution in [-0.4, -0.2) is 14.5 Å². The molecule has 4 aromatic carbocycles. The Labute approximate surface area is 270 Å². The van der Waals surface area contributed by atoms with E-state index in [4.69, 9.17) is 9.97 Å². The first-order valence-corrected chi connectivity index (χ1v) is 16.2. The van der Waals surface area contributed by atoms with Gasteiger partial charge in [0.2, 0.25) is 0 Å². The Morgan fingerprint density at radius 1 is 0.543 bits per heavy atom. The van der Waals surface area contributed by atoms with Gasteiger partial charge in [-0.1, -0.05) is 104 Å². The summed E-state index contributed by atoms with van der Waals surface area (Å²) in [5.74, 6) is 0.496. The van der Waals surface area contributed by atoms with Crippen molar-refractivity contribution in [3.05, 3.63) is 155 Å². The molecule has 0 bridgehead atoms. The zero-order chi connectivity index (χ0) is 31.0. The SMILES string of the molecule is CCC1c2ccccc2-c2cc(/C=C/c3ccc(-c4ccc(/C=C/c5ccc6c(c5)c5ccccc5n6CC)cn4)nc3)ccc21. The van der Waals surface area contributed by atoms with Gasteiger partial charge in [-0.2, -0.15) is 0 Å². The van der Waals surface area contributed by atoms with E-state index in [2.05, 4.69) is 140 Å². The minimum Gasteiger partial charge on any atom is -0.341 e. The molecule has 0 spiro atoms. The highest BCUT2D eigenvalue weighted by molar-refractivity contribution is 6.08. The molecule has 1 aliphatic rings. The van der Waals surface area contributed by atoms with E-state index in [1.165, 1.54) is 55.2 Å². The Morgan fingerprint density at radius 3 is 1.83 bits per heavy atom. The van der Waals surface area contributed by atoms with Crippen LogP contribution < -0.4 is 0 Å². The van der Waals surface area contributed by atoms with E-state index >= 15 is 0 Å². The molecule has 3 heteroatoms. The van der Waals surface area contributed by atoms with Crippen molar-refractivity contribution in [1.29, 1.82) is 0 Å². The smallest absolute Gasteiger partial charge is 0.0886 e. The highest BCUT2D eigenvalue weighted by atomic mass is 15.0. The number of para-hydroxylation sites is 1. The maximum atomic E-state index is 4.72. The van der Waals surface area contributed by atoms with Crippen molar-refractivity contribution >= 4 is 46.1 Å². The normalized spacial score (nSPS) is 14.1. The van der Waals surface area contributed by atoms with Gasteiger partial charge in [0, 0.05) is 46.7 Å². The molecular weight excluding hydrogens is 558 g/mol. The van der Waals surface area contributed by atoms with Crippen molar-refractivity contribution in [3.63, 3.8) is 0 Å². The monoisotopic (exact) mass is 593 g/mol. The molecule has 0 saturated carbocycles. The molecule has 0 fully saturated rings. The van der Waals surface area contributed by atoms with Gasteiger partial charge < -0.3 is 4.57 Å². The Hall–Kier alpha value is -5.54. The molecule has 0 N–H and O–H groups in total. The molecule has 0 radical (unpaired) electrons. The maximum absolute atomic E-state index is 4.72.